The van der Waals surface area contributed by atoms with Gasteiger partial charge in [-0.3, -0.25) is 4.79 Å². The van der Waals surface area contributed by atoms with Crippen LogP contribution in [-0.2, 0) is 14.8 Å². The zero-order chi connectivity index (χ0) is 15.1. The zero-order valence-corrected chi connectivity index (χ0v) is 14.1. The molecule has 1 aliphatic rings. The van der Waals surface area contributed by atoms with Crippen LogP contribution in [0, 0.1) is 11.7 Å². The number of primary sulfonamides is 1. The van der Waals surface area contributed by atoms with Crippen LogP contribution in [0.5, 0.6) is 0 Å². The summed E-state index contributed by atoms with van der Waals surface area (Å²) in [5.41, 5.74) is 0.494. The van der Waals surface area contributed by atoms with Gasteiger partial charge in [-0.1, -0.05) is 0 Å². The molecule has 0 spiro atoms. The highest BCUT2D eigenvalue weighted by Gasteiger charge is 2.34. The maximum absolute atomic E-state index is 13.2. The Hall–Kier alpha value is -0.510. The minimum Gasteiger partial charge on any atom is -0.310 e. The predicted molar refractivity (Wildman–Crippen MR) is 80.2 cm³/mol. The summed E-state index contributed by atoms with van der Waals surface area (Å²) in [7, 11) is -3.63. The summed E-state index contributed by atoms with van der Waals surface area (Å²) in [5.74, 6) is -1.26. The first-order valence-electron chi connectivity index (χ1n) is 5.63. The molecule has 1 aromatic carbocycles. The van der Waals surface area contributed by atoms with Crippen LogP contribution in [-0.4, -0.2) is 26.6 Å². The fourth-order valence-electron chi connectivity index (χ4n) is 2.23. The molecule has 1 atom stereocenters. The van der Waals surface area contributed by atoms with E-state index in [4.69, 9.17) is 5.14 Å². The molecular weight excluding hydrogens is 419 g/mol. The second-order valence-electron chi connectivity index (χ2n) is 4.62. The normalized spacial score (nSPS) is 19.7. The number of anilines is 1. The SMILES string of the molecule is NS(=O)(=O)CC1CC(=O)N(c2c(Br)cc(F)cc2Br)C1. The highest BCUT2D eigenvalue weighted by Crippen LogP contribution is 2.38. The van der Waals surface area contributed by atoms with Crippen molar-refractivity contribution >= 4 is 53.5 Å². The fourth-order valence-corrected chi connectivity index (χ4v) is 4.67. The number of halogens is 3. The maximum Gasteiger partial charge on any atom is 0.227 e. The van der Waals surface area contributed by atoms with E-state index in [9.17, 15) is 17.6 Å². The van der Waals surface area contributed by atoms with Gasteiger partial charge in [0, 0.05) is 27.8 Å². The van der Waals surface area contributed by atoms with Crippen molar-refractivity contribution in [3.05, 3.63) is 26.9 Å². The van der Waals surface area contributed by atoms with Gasteiger partial charge in [0.05, 0.1) is 11.4 Å². The lowest BCUT2D eigenvalue weighted by atomic mass is 10.1. The summed E-state index contributed by atoms with van der Waals surface area (Å²) in [5, 5.41) is 5.00. The standard InChI is InChI=1S/C11H11Br2FN2O3S/c12-8-2-7(14)3-9(13)11(8)16-4-6(1-10(16)17)5-20(15,18)19/h2-3,6H,1,4-5H2,(H2,15,18,19). The molecule has 2 rings (SSSR count). The number of carbonyl (C=O) groups is 1. The lowest BCUT2D eigenvalue weighted by Crippen LogP contribution is -2.28. The van der Waals surface area contributed by atoms with Crippen molar-refractivity contribution in [2.24, 2.45) is 11.1 Å². The van der Waals surface area contributed by atoms with E-state index in [2.05, 4.69) is 31.9 Å². The number of hydrogen-bond donors (Lipinski definition) is 1. The van der Waals surface area contributed by atoms with E-state index in [-0.39, 0.29) is 30.5 Å². The molecular formula is C11H11Br2FN2O3S. The van der Waals surface area contributed by atoms with Gasteiger partial charge in [-0.25, -0.2) is 17.9 Å². The number of nitrogens with two attached hydrogens (primary N) is 1. The lowest BCUT2D eigenvalue weighted by Gasteiger charge is -2.20. The third-order valence-corrected chi connectivity index (χ3v) is 5.07. The number of rotatable bonds is 3. The number of carbonyl (C=O) groups excluding carboxylic acids is 1. The van der Waals surface area contributed by atoms with Crippen molar-refractivity contribution in [3.8, 4) is 0 Å². The average molecular weight is 430 g/mol. The molecule has 0 bridgehead atoms. The van der Waals surface area contributed by atoms with Gasteiger partial charge in [0.2, 0.25) is 15.9 Å². The molecule has 1 heterocycles. The Morgan fingerprint density at radius 1 is 1.35 bits per heavy atom. The Balaban J connectivity index is 2.29. The quantitative estimate of drug-likeness (QED) is 0.797. The number of hydrogen-bond acceptors (Lipinski definition) is 3. The van der Waals surface area contributed by atoms with Crippen LogP contribution in [0.2, 0.25) is 0 Å². The molecule has 110 valence electrons. The second-order valence-corrected chi connectivity index (χ2v) is 7.99. The van der Waals surface area contributed by atoms with Crippen LogP contribution in [0.4, 0.5) is 10.1 Å². The van der Waals surface area contributed by atoms with Gasteiger partial charge in [0.1, 0.15) is 5.82 Å². The van der Waals surface area contributed by atoms with Gasteiger partial charge >= 0.3 is 0 Å². The smallest absolute Gasteiger partial charge is 0.227 e. The van der Waals surface area contributed by atoms with Gasteiger partial charge in [-0.2, -0.15) is 0 Å². The van der Waals surface area contributed by atoms with E-state index in [1.807, 2.05) is 0 Å². The van der Waals surface area contributed by atoms with E-state index in [0.29, 0.717) is 14.6 Å². The topological polar surface area (TPSA) is 80.5 Å². The van der Waals surface area contributed by atoms with Crippen LogP contribution in [0.25, 0.3) is 0 Å². The maximum atomic E-state index is 13.2. The number of benzene rings is 1. The van der Waals surface area contributed by atoms with Crippen molar-refractivity contribution in [2.75, 3.05) is 17.2 Å². The minimum absolute atomic E-state index is 0.104. The van der Waals surface area contributed by atoms with Gasteiger partial charge in [-0.05, 0) is 44.0 Å². The van der Waals surface area contributed by atoms with Crippen LogP contribution >= 0.6 is 31.9 Å². The molecule has 0 aliphatic carbocycles. The summed E-state index contributed by atoms with van der Waals surface area (Å²) in [4.78, 5) is 13.4. The van der Waals surface area contributed by atoms with Crippen molar-refractivity contribution in [3.63, 3.8) is 0 Å². The molecule has 1 amide bonds. The average Bonchev–Trinajstić information content (AvgIpc) is 2.55. The first-order chi connectivity index (χ1) is 9.17. The van der Waals surface area contributed by atoms with Gasteiger partial charge in [0.25, 0.3) is 0 Å². The molecule has 0 aromatic heterocycles. The summed E-state index contributed by atoms with van der Waals surface area (Å²) in [6.45, 7) is 0.234. The summed E-state index contributed by atoms with van der Waals surface area (Å²) >= 11 is 6.42. The first-order valence-corrected chi connectivity index (χ1v) is 8.93. The summed E-state index contributed by atoms with van der Waals surface area (Å²) in [6.07, 6.45) is 0.104. The van der Waals surface area contributed by atoms with Crippen molar-refractivity contribution < 1.29 is 17.6 Å². The largest absolute Gasteiger partial charge is 0.310 e. The number of nitrogens with zero attached hydrogens (tertiary/aromatic N) is 1. The lowest BCUT2D eigenvalue weighted by molar-refractivity contribution is -0.117. The predicted octanol–water partition coefficient (Wildman–Crippen LogP) is 1.99. The molecule has 0 radical (unpaired) electrons. The van der Waals surface area contributed by atoms with E-state index in [1.54, 1.807) is 0 Å². The molecule has 0 saturated carbocycles. The highest BCUT2D eigenvalue weighted by atomic mass is 79.9. The van der Waals surface area contributed by atoms with Crippen LogP contribution < -0.4 is 10.0 Å². The molecule has 2 N–H and O–H groups in total. The Labute approximate surface area is 132 Å². The molecule has 1 saturated heterocycles. The summed E-state index contributed by atoms with van der Waals surface area (Å²) < 4.78 is 36.3. The van der Waals surface area contributed by atoms with E-state index >= 15 is 0 Å². The van der Waals surface area contributed by atoms with Crippen LogP contribution in [0.3, 0.4) is 0 Å². The zero-order valence-electron chi connectivity index (χ0n) is 10.1. The molecule has 1 aliphatic heterocycles. The molecule has 5 nitrogen and oxygen atoms in total. The fraction of sp³-hybridized carbons (Fsp3) is 0.364. The van der Waals surface area contributed by atoms with Crippen molar-refractivity contribution in [1.82, 2.24) is 0 Å². The molecule has 9 heteroatoms. The third-order valence-electron chi connectivity index (χ3n) is 2.92. The number of sulfonamides is 1. The minimum atomic E-state index is -3.63. The van der Waals surface area contributed by atoms with Gasteiger partial charge in [-0.15, -0.1) is 0 Å². The first kappa shape index (κ1) is 15.9. The van der Waals surface area contributed by atoms with Crippen LogP contribution in [0.15, 0.2) is 21.1 Å². The van der Waals surface area contributed by atoms with Gasteiger partial charge in [0.15, 0.2) is 0 Å². The Bertz CT molecular complexity index is 643. The molecule has 1 fully saturated rings. The van der Waals surface area contributed by atoms with Crippen molar-refractivity contribution in [1.29, 1.82) is 0 Å². The highest BCUT2D eigenvalue weighted by molar-refractivity contribution is 9.11. The second kappa shape index (κ2) is 5.70. The van der Waals surface area contributed by atoms with E-state index in [1.165, 1.54) is 17.0 Å². The van der Waals surface area contributed by atoms with E-state index < -0.39 is 15.8 Å². The van der Waals surface area contributed by atoms with Crippen molar-refractivity contribution in [2.45, 2.75) is 6.42 Å². The number of amides is 1. The Kier molecular flexibility index (Phi) is 4.53. The monoisotopic (exact) mass is 428 g/mol. The summed E-state index contributed by atoms with van der Waals surface area (Å²) in [6, 6.07) is 2.50. The molecule has 20 heavy (non-hydrogen) atoms. The Morgan fingerprint density at radius 3 is 2.40 bits per heavy atom. The molecule has 1 aromatic rings. The Morgan fingerprint density at radius 2 is 1.90 bits per heavy atom. The van der Waals surface area contributed by atoms with Gasteiger partial charge < -0.3 is 4.90 Å². The molecule has 1 unspecified atom stereocenters. The third kappa shape index (κ3) is 3.57. The van der Waals surface area contributed by atoms with E-state index in [0.717, 1.165) is 0 Å². The van der Waals surface area contributed by atoms with Crippen LogP contribution in [0.1, 0.15) is 6.42 Å².